The van der Waals surface area contributed by atoms with Gasteiger partial charge in [-0.3, -0.25) is 0 Å². The molecular weight excluding hydrogens is 150 g/mol. The molecule has 66 valence electrons. The van der Waals surface area contributed by atoms with Gasteiger partial charge < -0.3 is 10.4 Å². The minimum atomic E-state index is 0.345. The van der Waals surface area contributed by atoms with E-state index in [1.54, 1.807) is 6.07 Å². The summed E-state index contributed by atoms with van der Waals surface area (Å²) in [6.07, 6.45) is 2.10. The minimum Gasteiger partial charge on any atom is -0.508 e. The summed E-state index contributed by atoms with van der Waals surface area (Å²) in [5, 5.41) is 12.3. The zero-order chi connectivity index (χ0) is 8.97. The number of anilines is 1. The van der Waals surface area contributed by atoms with Gasteiger partial charge >= 0.3 is 0 Å². The number of benzene rings is 1. The molecule has 1 rings (SSSR count). The average molecular weight is 165 g/mol. The monoisotopic (exact) mass is 165 g/mol. The lowest BCUT2D eigenvalue weighted by molar-refractivity contribution is 0.474. The number of phenolic OH excluding ortho intramolecular Hbond substituents is 1. The molecule has 0 radical (unpaired) electrons. The lowest BCUT2D eigenvalue weighted by Crippen LogP contribution is -1.94. The Kier molecular flexibility index (Phi) is 2.97. The summed E-state index contributed by atoms with van der Waals surface area (Å²) in [5.41, 5.74) is 2.29. The molecule has 2 nitrogen and oxygen atoms in total. The van der Waals surface area contributed by atoms with Crippen molar-refractivity contribution in [3.05, 3.63) is 23.8 Å². The number of rotatable bonds is 3. The van der Waals surface area contributed by atoms with Crippen LogP contribution in [0.25, 0.3) is 0 Å². The fourth-order valence-corrected chi connectivity index (χ4v) is 1.30. The second-order valence-corrected chi connectivity index (χ2v) is 2.84. The largest absolute Gasteiger partial charge is 0.508 e. The molecular formula is C10H15NO. The van der Waals surface area contributed by atoms with Crippen molar-refractivity contribution >= 4 is 5.69 Å². The van der Waals surface area contributed by atoms with Gasteiger partial charge in [0.15, 0.2) is 0 Å². The highest BCUT2D eigenvalue weighted by molar-refractivity contribution is 5.53. The number of aryl methyl sites for hydroxylation is 1. The quantitative estimate of drug-likeness (QED) is 0.674. The van der Waals surface area contributed by atoms with Crippen LogP contribution in [0.3, 0.4) is 0 Å². The zero-order valence-electron chi connectivity index (χ0n) is 7.59. The molecule has 2 heteroatoms. The number of phenols is 1. The van der Waals surface area contributed by atoms with E-state index >= 15 is 0 Å². The van der Waals surface area contributed by atoms with Crippen molar-refractivity contribution in [3.63, 3.8) is 0 Å². The predicted octanol–water partition coefficient (Wildman–Crippen LogP) is 2.39. The number of aromatic hydroxyl groups is 1. The predicted molar refractivity (Wildman–Crippen MR) is 51.6 cm³/mol. The number of nitrogens with one attached hydrogen (secondary N) is 1. The van der Waals surface area contributed by atoms with E-state index in [9.17, 15) is 5.11 Å². The van der Waals surface area contributed by atoms with Crippen LogP contribution in [0.5, 0.6) is 5.75 Å². The van der Waals surface area contributed by atoms with Gasteiger partial charge in [-0.2, -0.15) is 0 Å². The zero-order valence-corrected chi connectivity index (χ0v) is 7.59. The van der Waals surface area contributed by atoms with Crippen LogP contribution in [-0.4, -0.2) is 12.2 Å². The summed E-state index contributed by atoms with van der Waals surface area (Å²) in [6.45, 7) is 2.13. The summed E-state index contributed by atoms with van der Waals surface area (Å²) in [4.78, 5) is 0. The van der Waals surface area contributed by atoms with E-state index in [0.29, 0.717) is 5.75 Å². The number of hydrogen-bond donors (Lipinski definition) is 2. The van der Waals surface area contributed by atoms with Gasteiger partial charge in [-0.25, -0.2) is 0 Å². The molecule has 0 spiro atoms. The summed E-state index contributed by atoms with van der Waals surface area (Å²) in [7, 11) is 1.89. The summed E-state index contributed by atoms with van der Waals surface area (Å²) in [5.74, 6) is 0.345. The third kappa shape index (κ3) is 1.91. The van der Waals surface area contributed by atoms with Crippen molar-refractivity contribution in [2.75, 3.05) is 12.4 Å². The van der Waals surface area contributed by atoms with E-state index in [0.717, 1.165) is 18.5 Å². The lowest BCUT2D eigenvalue weighted by atomic mass is 10.1. The Balaban J connectivity index is 2.95. The van der Waals surface area contributed by atoms with E-state index in [1.807, 2.05) is 19.2 Å². The molecule has 0 bridgehead atoms. The molecule has 0 amide bonds. The Labute approximate surface area is 73.2 Å². The van der Waals surface area contributed by atoms with E-state index in [1.165, 1.54) is 5.56 Å². The molecule has 0 heterocycles. The van der Waals surface area contributed by atoms with Gasteiger partial charge in [-0.15, -0.1) is 0 Å². The fraction of sp³-hybridized carbons (Fsp3) is 0.400. The van der Waals surface area contributed by atoms with E-state index in [-0.39, 0.29) is 0 Å². The van der Waals surface area contributed by atoms with Gasteiger partial charge in [0.1, 0.15) is 5.75 Å². The van der Waals surface area contributed by atoms with Gasteiger partial charge in [0.25, 0.3) is 0 Å². The van der Waals surface area contributed by atoms with Crippen molar-refractivity contribution in [2.45, 2.75) is 19.8 Å². The third-order valence-electron chi connectivity index (χ3n) is 1.88. The highest BCUT2D eigenvalue weighted by atomic mass is 16.3. The molecule has 0 aromatic heterocycles. The molecule has 0 saturated heterocycles. The Morgan fingerprint density at radius 1 is 1.42 bits per heavy atom. The maximum absolute atomic E-state index is 9.23. The number of hydrogen-bond acceptors (Lipinski definition) is 2. The fourth-order valence-electron chi connectivity index (χ4n) is 1.30. The Morgan fingerprint density at radius 2 is 2.17 bits per heavy atom. The van der Waals surface area contributed by atoms with Gasteiger partial charge in [-0.05, 0) is 30.2 Å². The summed E-state index contributed by atoms with van der Waals surface area (Å²) < 4.78 is 0. The van der Waals surface area contributed by atoms with Crippen LogP contribution in [0, 0.1) is 0 Å². The normalized spacial score (nSPS) is 9.83. The second-order valence-electron chi connectivity index (χ2n) is 2.84. The Hall–Kier alpha value is -1.18. The molecule has 0 fully saturated rings. The van der Waals surface area contributed by atoms with Gasteiger partial charge in [0, 0.05) is 12.7 Å². The maximum Gasteiger partial charge on any atom is 0.116 e. The first-order valence-corrected chi connectivity index (χ1v) is 4.27. The maximum atomic E-state index is 9.23. The second kappa shape index (κ2) is 4.00. The molecule has 0 aliphatic rings. The lowest BCUT2D eigenvalue weighted by Gasteiger charge is -2.07. The van der Waals surface area contributed by atoms with E-state index < -0.39 is 0 Å². The highest BCUT2D eigenvalue weighted by Gasteiger charge is 2.00. The molecule has 0 unspecified atom stereocenters. The Morgan fingerprint density at radius 3 is 2.75 bits per heavy atom. The van der Waals surface area contributed by atoms with Gasteiger partial charge in [0.2, 0.25) is 0 Å². The summed E-state index contributed by atoms with van der Waals surface area (Å²) >= 11 is 0. The first-order chi connectivity index (χ1) is 5.77. The van der Waals surface area contributed by atoms with Gasteiger partial charge in [0.05, 0.1) is 0 Å². The molecule has 0 atom stereocenters. The van der Waals surface area contributed by atoms with Crippen LogP contribution in [0.1, 0.15) is 18.9 Å². The molecule has 1 aromatic carbocycles. The molecule has 0 saturated carbocycles. The van der Waals surface area contributed by atoms with E-state index in [2.05, 4.69) is 12.2 Å². The van der Waals surface area contributed by atoms with Crippen LogP contribution in [0.2, 0.25) is 0 Å². The van der Waals surface area contributed by atoms with Crippen LogP contribution in [-0.2, 0) is 6.42 Å². The van der Waals surface area contributed by atoms with Crippen molar-refractivity contribution < 1.29 is 5.11 Å². The first kappa shape index (κ1) is 8.91. The van der Waals surface area contributed by atoms with Crippen LogP contribution >= 0.6 is 0 Å². The molecule has 2 N–H and O–H groups in total. The van der Waals surface area contributed by atoms with Crippen LogP contribution < -0.4 is 5.32 Å². The molecule has 0 aliphatic carbocycles. The third-order valence-corrected chi connectivity index (χ3v) is 1.88. The van der Waals surface area contributed by atoms with Crippen molar-refractivity contribution in [2.24, 2.45) is 0 Å². The molecule has 0 aliphatic heterocycles. The van der Waals surface area contributed by atoms with Crippen molar-refractivity contribution in [1.82, 2.24) is 0 Å². The van der Waals surface area contributed by atoms with E-state index in [4.69, 9.17) is 0 Å². The SMILES string of the molecule is CCCc1cc(O)ccc1NC. The molecule has 12 heavy (non-hydrogen) atoms. The standard InChI is InChI=1S/C10H15NO/c1-3-4-8-7-9(12)5-6-10(8)11-2/h5-7,11-12H,3-4H2,1-2H3. The smallest absolute Gasteiger partial charge is 0.116 e. The highest BCUT2D eigenvalue weighted by Crippen LogP contribution is 2.21. The van der Waals surface area contributed by atoms with Gasteiger partial charge in [-0.1, -0.05) is 13.3 Å². The molecule has 1 aromatic rings. The first-order valence-electron chi connectivity index (χ1n) is 4.27. The topological polar surface area (TPSA) is 32.3 Å². The average Bonchev–Trinajstić information content (AvgIpc) is 2.05. The van der Waals surface area contributed by atoms with Crippen molar-refractivity contribution in [1.29, 1.82) is 0 Å². The van der Waals surface area contributed by atoms with Crippen molar-refractivity contribution in [3.8, 4) is 5.75 Å². The van der Waals surface area contributed by atoms with Crippen LogP contribution in [0.4, 0.5) is 5.69 Å². The minimum absolute atomic E-state index is 0.345. The van der Waals surface area contributed by atoms with Crippen LogP contribution in [0.15, 0.2) is 18.2 Å². The Bertz CT molecular complexity index is 258. The summed E-state index contributed by atoms with van der Waals surface area (Å²) in [6, 6.07) is 5.42.